The van der Waals surface area contributed by atoms with Crippen LogP contribution in [-0.4, -0.2) is 31.7 Å². The lowest BCUT2D eigenvalue weighted by atomic mass is 10.3. The predicted octanol–water partition coefficient (Wildman–Crippen LogP) is 4.09. The van der Waals surface area contributed by atoms with Crippen LogP contribution < -0.4 is 5.32 Å². The molecule has 1 N–H and O–H groups in total. The first-order chi connectivity index (χ1) is 11.4. The Balaban J connectivity index is 1.87. The molecule has 0 aliphatic carbocycles. The predicted molar refractivity (Wildman–Crippen MR) is 96.7 cm³/mol. The van der Waals surface area contributed by atoms with Crippen LogP contribution in [-0.2, 0) is 10.0 Å². The number of benzene rings is 1. The molecule has 1 aliphatic rings. The smallest absolute Gasteiger partial charge is 0.265 e. The summed E-state index contributed by atoms with van der Waals surface area (Å²) in [4.78, 5) is 12.6. The summed E-state index contributed by atoms with van der Waals surface area (Å²) in [6, 6.07) is 7.68. The Kier molecular flexibility index (Phi) is 5.17. The van der Waals surface area contributed by atoms with Crippen LogP contribution in [0.2, 0.25) is 9.36 Å². The molecule has 0 radical (unpaired) electrons. The van der Waals surface area contributed by atoms with Gasteiger partial charge in [-0.1, -0.05) is 23.2 Å². The Morgan fingerprint density at radius 3 is 2.46 bits per heavy atom. The second-order valence-corrected chi connectivity index (χ2v) is 9.34. The molecule has 0 atom stereocenters. The van der Waals surface area contributed by atoms with Gasteiger partial charge >= 0.3 is 0 Å². The summed E-state index contributed by atoms with van der Waals surface area (Å²) in [5, 5.41) is 2.81. The minimum Gasteiger partial charge on any atom is -0.321 e. The number of thiophene rings is 1. The number of carbonyl (C=O) groups is 1. The molecule has 0 bridgehead atoms. The summed E-state index contributed by atoms with van der Waals surface area (Å²) in [5.41, 5.74) is 0.367. The van der Waals surface area contributed by atoms with E-state index in [1.54, 1.807) is 18.2 Å². The summed E-state index contributed by atoms with van der Waals surface area (Å²) in [6.07, 6.45) is 1.68. The van der Waals surface area contributed by atoms with Gasteiger partial charge in [-0.15, -0.1) is 11.3 Å². The third-order valence-electron chi connectivity index (χ3n) is 3.67. The maximum Gasteiger partial charge on any atom is 0.265 e. The Morgan fingerprint density at radius 2 is 1.83 bits per heavy atom. The fraction of sp³-hybridized carbons (Fsp3) is 0.267. The van der Waals surface area contributed by atoms with Gasteiger partial charge in [0.2, 0.25) is 10.0 Å². The Morgan fingerprint density at radius 1 is 1.12 bits per heavy atom. The van der Waals surface area contributed by atoms with Crippen LogP contribution in [0.5, 0.6) is 0 Å². The molecule has 0 spiro atoms. The SMILES string of the molecule is O=C(Nc1ccc(Cl)c(S(=O)(=O)N2CCCC2)c1)c1ccc(Cl)s1. The molecule has 1 amide bonds. The van der Waals surface area contributed by atoms with E-state index in [1.807, 2.05) is 0 Å². The van der Waals surface area contributed by atoms with Crippen molar-refractivity contribution in [3.8, 4) is 0 Å². The van der Waals surface area contributed by atoms with E-state index >= 15 is 0 Å². The summed E-state index contributed by atoms with van der Waals surface area (Å²) < 4.78 is 27.3. The second kappa shape index (κ2) is 7.01. The zero-order valence-corrected chi connectivity index (χ0v) is 15.6. The van der Waals surface area contributed by atoms with Gasteiger partial charge in [0.05, 0.1) is 14.2 Å². The van der Waals surface area contributed by atoms with Gasteiger partial charge in [-0.25, -0.2) is 8.42 Å². The van der Waals surface area contributed by atoms with Gasteiger partial charge in [-0.2, -0.15) is 4.31 Å². The number of carbonyl (C=O) groups excluding carboxylic acids is 1. The molecule has 1 aromatic carbocycles. The van der Waals surface area contributed by atoms with Crippen molar-refractivity contribution in [3.05, 3.63) is 44.6 Å². The van der Waals surface area contributed by atoms with Crippen molar-refractivity contribution in [2.75, 3.05) is 18.4 Å². The van der Waals surface area contributed by atoms with Crippen LogP contribution in [0.15, 0.2) is 35.2 Å². The molecule has 1 saturated heterocycles. The normalized spacial score (nSPS) is 15.6. The highest BCUT2D eigenvalue weighted by Gasteiger charge is 2.29. The lowest BCUT2D eigenvalue weighted by molar-refractivity contribution is 0.103. The van der Waals surface area contributed by atoms with E-state index in [-0.39, 0.29) is 15.8 Å². The van der Waals surface area contributed by atoms with Crippen molar-refractivity contribution in [2.45, 2.75) is 17.7 Å². The van der Waals surface area contributed by atoms with Crippen molar-refractivity contribution in [1.82, 2.24) is 4.31 Å². The highest BCUT2D eigenvalue weighted by atomic mass is 35.5. The third kappa shape index (κ3) is 3.60. The zero-order valence-electron chi connectivity index (χ0n) is 12.5. The van der Waals surface area contributed by atoms with Crippen LogP contribution in [0.25, 0.3) is 0 Å². The molecule has 128 valence electrons. The van der Waals surface area contributed by atoms with E-state index in [0.29, 0.717) is 28.0 Å². The highest BCUT2D eigenvalue weighted by Crippen LogP contribution is 2.30. The van der Waals surface area contributed by atoms with E-state index in [9.17, 15) is 13.2 Å². The zero-order chi connectivity index (χ0) is 17.3. The highest BCUT2D eigenvalue weighted by molar-refractivity contribution is 7.89. The molecule has 2 heterocycles. The lowest BCUT2D eigenvalue weighted by Crippen LogP contribution is -2.28. The molecule has 24 heavy (non-hydrogen) atoms. The van der Waals surface area contributed by atoms with Crippen LogP contribution >= 0.6 is 34.5 Å². The van der Waals surface area contributed by atoms with E-state index < -0.39 is 10.0 Å². The summed E-state index contributed by atoms with van der Waals surface area (Å²) in [7, 11) is -3.66. The van der Waals surface area contributed by atoms with E-state index in [2.05, 4.69) is 5.32 Å². The summed E-state index contributed by atoms with van der Waals surface area (Å²) in [5.74, 6) is -0.348. The fourth-order valence-electron chi connectivity index (χ4n) is 2.48. The molecular weight excluding hydrogens is 391 g/mol. The van der Waals surface area contributed by atoms with Crippen molar-refractivity contribution in [1.29, 1.82) is 0 Å². The van der Waals surface area contributed by atoms with Crippen molar-refractivity contribution >= 4 is 56.2 Å². The molecule has 0 unspecified atom stereocenters. The third-order valence-corrected chi connectivity index (χ3v) is 7.28. The van der Waals surface area contributed by atoms with Crippen molar-refractivity contribution in [3.63, 3.8) is 0 Å². The summed E-state index contributed by atoms with van der Waals surface area (Å²) >= 11 is 13.1. The average molecular weight is 405 g/mol. The number of hydrogen-bond acceptors (Lipinski definition) is 4. The minimum absolute atomic E-state index is 0.00748. The first-order valence-corrected chi connectivity index (χ1v) is 10.3. The second-order valence-electron chi connectivity index (χ2n) is 5.31. The number of hydrogen-bond donors (Lipinski definition) is 1. The maximum atomic E-state index is 12.7. The van der Waals surface area contributed by atoms with Crippen molar-refractivity contribution in [2.24, 2.45) is 0 Å². The van der Waals surface area contributed by atoms with Gasteiger partial charge in [0.15, 0.2) is 0 Å². The molecule has 9 heteroatoms. The van der Waals surface area contributed by atoms with Gasteiger partial charge in [0.1, 0.15) is 4.90 Å². The van der Waals surface area contributed by atoms with Crippen LogP contribution in [0.4, 0.5) is 5.69 Å². The Bertz CT molecular complexity index is 875. The maximum absolute atomic E-state index is 12.7. The topological polar surface area (TPSA) is 66.5 Å². The number of anilines is 1. The first-order valence-electron chi connectivity index (χ1n) is 7.24. The van der Waals surface area contributed by atoms with Gasteiger partial charge in [0.25, 0.3) is 5.91 Å². The molecule has 1 fully saturated rings. The lowest BCUT2D eigenvalue weighted by Gasteiger charge is -2.17. The largest absolute Gasteiger partial charge is 0.321 e. The standard InChI is InChI=1S/C15H14Cl2N2O3S2/c16-11-4-3-10(18-15(20)12-5-6-14(17)23-12)9-13(11)24(21,22)19-7-1-2-8-19/h3-6,9H,1-2,7-8H2,(H,18,20). The molecule has 2 aromatic rings. The minimum atomic E-state index is -3.66. The first kappa shape index (κ1) is 17.7. The van der Waals surface area contributed by atoms with Gasteiger partial charge in [-0.3, -0.25) is 4.79 Å². The van der Waals surface area contributed by atoms with Crippen molar-refractivity contribution < 1.29 is 13.2 Å². The monoisotopic (exact) mass is 404 g/mol. The van der Waals surface area contributed by atoms with Crippen LogP contribution in [0.3, 0.4) is 0 Å². The van der Waals surface area contributed by atoms with Crippen LogP contribution in [0.1, 0.15) is 22.5 Å². The molecule has 3 rings (SSSR count). The molecule has 5 nitrogen and oxygen atoms in total. The van der Waals surface area contributed by atoms with Gasteiger partial charge in [0, 0.05) is 18.8 Å². The molecule has 1 aromatic heterocycles. The molecular formula is C15H14Cl2N2O3S2. The van der Waals surface area contributed by atoms with Crippen LogP contribution in [0, 0.1) is 0 Å². The number of rotatable bonds is 4. The molecule has 0 saturated carbocycles. The Hall–Kier alpha value is -1.12. The number of halogens is 2. The summed E-state index contributed by atoms with van der Waals surface area (Å²) in [6.45, 7) is 0.978. The number of amides is 1. The number of nitrogens with one attached hydrogen (secondary N) is 1. The van der Waals surface area contributed by atoms with E-state index in [4.69, 9.17) is 23.2 Å². The van der Waals surface area contributed by atoms with E-state index in [0.717, 1.165) is 24.2 Å². The average Bonchev–Trinajstić information content (AvgIpc) is 3.20. The quantitative estimate of drug-likeness (QED) is 0.833. The molecule has 1 aliphatic heterocycles. The fourth-order valence-corrected chi connectivity index (χ4v) is 5.43. The van der Waals surface area contributed by atoms with Gasteiger partial charge < -0.3 is 5.32 Å². The van der Waals surface area contributed by atoms with E-state index in [1.165, 1.54) is 16.4 Å². The van der Waals surface area contributed by atoms with Gasteiger partial charge in [-0.05, 0) is 43.2 Å². The number of sulfonamides is 1. The number of nitrogens with zero attached hydrogens (tertiary/aromatic N) is 1. The Labute approximate surface area is 154 Å².